The molecule has 0 aromatic heterocycles. The molecule has 18 heavy (non-hydrogen) atoms. The molecule has 0 saturated heterocycles. The number of anilines is 1. The summed E-state index contributed by atoms with van der Waals surface area (Å²) in [5, 5.41) is 12.7. The van der Waals surface area contributed by atoms with E-state index in [-0.39, 0.29) is 15.8 Å². The molecule has 2 nitrogen and oxygen atoms in total. The highest BCUT2D eigenvalue weighted by atomic mass is 35.5. The Morgan fingerprint density at radius 1 is 1.06 bits per heavy atom. The third-order valence-corrected chi connectivity index (χ3v) is 3.04. The van der Waals surface area contributed by atoms with Gasteiger partial charge in [0.1, 0.15) is 11.6 Å². The van der Waals surface area contributed by atoms with Gasteiger partial charge in [0.15, 0.2) is 0 Å². The zero-order valence-corrected chi connectivity index (χ0v) is 10.8. The van der Waals surface area contributed by atoms with Crippen LogP contribution in [0.25, 0.3) is 0 Å². The summed E-state index contributed by atoms with van der Waals surface area (Å²) in [7, 11) is 0. The van der Waals surface area contributed by atoms with Crippen LogP contribution in [-0.4, -0.2) is 5.11 Å². The first kappa shape index (κ1) is 13.0. The van der Waals surface area contributed by atoms with Crippen LogP contribution in [0.1, 0.15) is 5.56 Å². The highest BCUT2D eigenvalue weighted by molar-refractivity contribution is 6.32. The van der Waals surface area contributed by atoms with Crippen molar-refractivity contribution in [2.75, 3.05) is 5.32 Å². The molecule has 0 fully saturated rings. The Morgan fingerprint density at radius 3 is 2.50 bits per heavy atom. The average molecular weight is 286 g/mol. The normalized spacial score (nSPS) is 10.4. The van der Waals surface area contributed by atoms with Crippen molar-refractivity contribution in [1.82, 2.24) is 0 Å². The highest BCUT2D eigenvalue weighted by Crippen LogP contribution is 2.24. The second-order valence-electron chi connectivity index (χ2n) is 3.77. The number of phenolic OH excluding ortho intramolecular Hbond substituents is 1. The van der Waals surface area contributed by atoms with E-state index in [1.54, 1.807) is 18.2 Å². The van der Waals surface area contributed by atoms with E-state index in [1.165, 1.54) is 18.2 Å². The number of hydrogen-bond acceptors (Lipinski definition) is 2. The summed E-state index contributed by atoms with van der Waals surface area (Å²) < 4.78 is 13.2. The summed E-state index contributed by atoms with van der Waals surface area (Å²) in [4.78, 5) is 0. The van der Waals surface area contributed by atoms with E-state index in [9.17, 15) is 9.50 Å². The van der Waals surface area contributed by atoms with Gasteiger partial charge in [0.05, 0.1) is 10.0 Å². The number of hydrogen-bond donors (Lipinski definition) is 2. The van der Waals surface area contributed by atoms with Gasteiger partial charge in [-0.2, -0.15) is 0 Å². The Morgan fingerprint density at radius 2 is 1.83 bits per heavy atom. The molecule has 0 radical (unpaired) electrons. The fourth-order valence-corrected chi connectivity index (χ4v) is 1.79. The van der Waals surface area contributed by atoms with Crippen molar-refractivity contribution in [3.63, 3.8) is 0 Å². The fourth-order valence-electron chi connectivity index (χ4n) is 1.47. The third kappa shape index (κ3) is 3.06. The summed E-state index contributed by atoms with van der Waals surface area (Å²) in [6.45, 7) is 0.473. The Bertz CT molecular complexity index is 523. The van der Waals surface area contributed by atoms with Gasteiger partial charge in [-0.1, -0.05) is 29.3 Å². The highest BCUT2D eigenvalue weighted by Gasteiger charge is 2.02. The summed E-state index contributed by atoms with van der Waals surface area (Å²) in [6.07, 6.45) is 0. The molecule has 0 atom stereocenters. The molecule has 2 rings (SSSR count). The van der Waals surface area contributed by atoms with Crippen molar-refractivity contribution in [2.24, 2.45) is 0 Å². The number of halogens is 3. The lowest BCUT2D eigenvalue weighted by molar-refractivity contribution is 0.475. The molecule has 0 heterocycles. The van der Waals surface area contributed by atoms with E-state index in [2.05, 4.69) is 5.32 Å². The van der Waals surface area contributed by atoms with E-state index < -0.39 is 5.82 Å². The van der Waals surface area contributed by atoms with Gasteiger partial charge in [-0.15, -0.1) is 0 Å². The van der Waals surface area contributed by atoms with Crippen molar-refractivity contribution in [3.8, 4) is 5.75 Å². The lowest BCUT2D eigenvalue weighted by Gasteiger charge is -2.08. The Labute approximate surface area is 114 Å². The van der Waals surface area contributed by atoms with Crippen molar-refractivity contribution >= 4 is 28.9 Å². The smallest absolute Gasteiger partial charge is 0.143 e. The molecular formula is C13H10Cl2FNO. The quantitative estimate of drug-likeness (QED) is 0.873. The molecule has 0 aliphatic carbocycles. The topological polar surface area (TPSA) is 32.3 Å². The van der Waals surface area contributed by atoms with Gasteiger partial charge in [0, 0.05) is 12.2 Å². The number of nitrogens with one attached hydrogen (secondary N) is 1. The van der Waals surface area contributed by atoms with E-state index in [0.717, 1.165) is 5.56 Å². The number of benzene rings is 2. The fraction of sp³-hybridized carbons (Fsp3) is 0.0769. The molecule has 94 valence electrons. The molecule has 2 N–H and O–H groups in total. The maximum atomic E-state index is 13.2. The first-order valence-electron chi connectivity index (χ1n) is 5.22. The lowest BCUT2D eigenvalue weighted by Crippen LogP contribution is -1.99. The van der Waals surface area contributed by atoms with Crippen LogP contribution in [0, 0.1) is 5.82 Å². The van der Waals surface area contributed by atoms with Gasteiger partial charge >= 0.3 is 0 Å². The van der Waals surface area contributed by atoms with Crippen LogP contribution in [0.4, 0.5) is 10.1 Å². The van der Waals surface area contributed by atoms with Gasteiger partial charge in [-0.05, 0) is 35.9 Å². The SMILES string of the molecule is Oc1ccc(CNc2ccc(Cl)c(F)c2)cc1Cl. The van der Waals surface area contributed by atoms with Crippen LogP contribution in [0.5, 0.6) is 5.75 Å². The summed E-state index contributed by atoms with van der Waals surface area (Å²) in [5.41, 5.74) is 1.51. The summed E-state index contributed by atoms with van der Waals surface area (Å²) in [5.74, 6) is -0.427. The van der Waals surface area contributed by atoms with Gasteiger partial charge in [-0.25, -0.2) is 4.39 Å². The molecule has 2 aromatic carbocycles. The molecule has 2 aromatic rings. The number of aromatic hydroxyl groups is 1. The largest absolute Gasteiger partial charge is 0.506 e. The van der Waals surface area contributed by atoms with Crippen LogP contribution in [-0.2, 0) is 6.54 Å². The first-order valence-corrected chi connectivity index (χ1v) is 5.98. The monoisotopic (exact) mass is 285 g/mol. The minimum atomic E-state index is -0.467. The van der Waals surface area contributed by atoms with Gasteiger partial charge in [-0.3, -0.25) is 0 Å². The van der Waals surface area contributed by atoms with Crippen molar-refractivity contribution in [1.29, 1.82) is 0 Å². The zero-order chi connectivity index (χ0) is 13.1. The second-order valence-corrected chi connectivity index (χ2v) is 4.58. The maximum absolute atomic E-state index is 13.2. The zero-order valence-electron chi connectivity index (χ0n) is 9.25. The molecule has 0 aliphatic rings. The molecule has 5 heteroatoms. The van der Waals surface area contributed by atoms with E-state index in [4.69, 9.17) is 23.2 Å². The third-order valence-electron chi connectivity index (χ3n) is 2.43. The van der Waals surface area contributed by atoms with E-state index >= 15 is 0 Å². The van der Waals surface area contributed by atoms with Crippen molar-refractivity contribution < 1.29 is 9.50 Å². The molecule has 0 spiro atoms. The van der Waals surface area contributed by atoms with Crippen molar-refractivity contribution in [2.45, 2.75) is 6.54 Å². The van der Waals surface area contributed by atoms with Crippen LogP contribution in [0.3, 0.4) is 0 Å². The lowest BCUT2D eigenvalue weighted by atomic mass is 10.2. The number of phenols is 1. The van der Waals surface area contributed by atoms with Crippen LogP contribution < -0.4 is 5.32 Å². The summed E-state index contributed by atoms with van der Waals surface area (Å²) in [6, 6.07) is 9.40. The molecule has 0 bridgehead atoms. The molecular weight excluding hydrogens is 276 g/mol. The van der Waals surface area contributed by atoms with Crippen LogP contribution >= 0.6 is 23.2 Å². The minimum Gasteiger partial charge on any atom is -0.506 e. The van der Waals surface area contributed by atoms with Gasteiger partial charge in [0.25, 0.3) is 0 Å². The van der Waals surface area contributed by atoms with Gasteiger partial charge in [0.2, 0.25) is 0 Å². The predicted molar refractivity (Wildman–Crippen MR) is 71.9 cm³/mol. The average Bonchev–Trinajstić information content (AvgIpc) is 2.35. The van der Waals surface area contributed by atoms with Crippen molar-refractivity contribution in [3.05, 3.63) is 57.8 Å². The van der Waals surface area contributed by atoms with Gasteiger partial charge < -0.3 is 10.4 Å². The Balaban J connectivity index is 2.06. The molecule has 0 saturated carbocycles. The van der Waals surface area contributed by atoms with E-state index in [0.29, 0.717) is 12.2 Å². The van der Waals surface area contributed by atoms with E-state index in [1.807, 2.05) is 0 Å². The summed E-state index contributed by atoms with van der Waals surface area (Å²) >= 11 is 11.4. The standard InChI is InChI=1S/C13H10Cl2FNO/c14-10-3-2-9(6-12(10)16)17-7-8-1-4-13(18)11(15)5-8/h1-6,17-18H,7H2. The van der Waals surface area contributed by atoms with Crippen LogP contribution in [0.15, 0.2) is 36.4 Å². The number of rotatable bonds is 3. The maximum Gasteiger partial charge on any atom is 0.143 e. The predicted octanol–water partition coefficient (Wildman–Crippen LogP) is 4.45. The van der Waals surface area contributed by atoms with Crippen LogP contribution in [0.2, 0.25) is 10.0 Å². The second kappa shape index (κ2) is 5.46. The Kier molecular flexibility index (Phi) is 3.94. The first-order chi connectivity index (χ1) is 8.56. The minimum absolute atomic E-state index is 0.0398. The molecule has 0 amide bonds. The molecule has 0 unspecified atom stereocenters. The molecule has 0 aliphatic heterocycles. The Hall–Kier alpha value is -1.45.